The summed E-state index contributed by atoms with van der Waals surface area (Å²) in [6.45, 7) is 3.54. The number of ether oxygens (including phenoxy) is 1. The van der Waals surface area contributed by atoms with E-state index in [1.165, 1.54) is 12.1 Å². The molecule has 0 radical (unpaired) electrons. The molecule has 0 bridgehead atoms. The number of hydrogen-bond donors (Lipinski definition) is 1. The molecule has 100 valence electrons. The zero-order valence-electron chi connectivity index (χ0n) is 10.0. The quantitative estimate of drug-likeness (QED) is 0.891. The summed E-state index contributed by atoms with van der Waals surface area (Å²) in [5, 5.41) is 2.26. The van der Waals surface area contributed by atoms with Crippen LogP contribution in [0.2, 0.25) is 0 Å². The Hall–Kier alpha value is -1.72. The van der Waals surface area contributed by atoms with Crippen LogP contribution in [-0.2, 0) is 10.9 Å². The number of alkyl halides is 3. The molecule has 1 N–H and O–H groups in total. The molecule has 0 saturated carbocycles. The molecule has 6 heteroatoms. The van der Waals surface area contributed by atoms with Crippen molar-refractivity contribution in [3.05, 3.63) is 29.8 Å². The summed E-state index contributed by atoms with van der Waals surface area (Å²) in [6.07, 6.45) is -4.84. The van der Waals surface area contributed by atoms with E-state index in [0.717, 1.165) is 12.1 Å². The van der Waals surface area contributed by atoms with Crippen molar-refractivity contribution < 1.29 is 22.7 Å². The minimum Gasteiger partial charge on any atom is -0.446 e. The standard InChI is InChI=1S/C12H14F3NO2/c1-3-8(2)18-11(17)16-10-6-4-5-9(7-10)12(13,14)15/h4-8H,3H2,1-2H3,(H,16,17). The lowest BCUT2D eigenvalue weighted by molar-refractivity contribution is -0.137. The smallest absolute Gasteiger partial charge is 0.416 e. The number of carbonyl (C=O) groups is 1. The van der Waals surface area contributed by atoms with Crippen LogP contribution in [0, 0.1) is 0 Å². The first-order valence-electron chi connectivity index (χ1n) is 5.47. The highest BCUT2D eigenvalue weighted by molar-refractivity contribution is 5.84. The first kappa shape index (κ1) is 14.3. The normalized spacial score (nSPS) is 12.9. The molecule has 1 aromatic carbocycles. The first-order chi connectivity index (χ1) is 8.32. The van der Waals surface area contributed by atoms with Gasteiger partial charge in [-0.15, -0.1) is 0 Å². The number of hydrogen-bond acceptors (Lipinski definition) is 2. The molecule has 1 aromatic rings. The summed E-state index contributed by atoms with van der Waals surface area (Å²) < 4.78 is 42.2. The van der Waals surface area contributed by atoms with Crippen molar-refractivity contribution in [3.63, 3.8) is 0 Å². The minimum atomic E-state index is -4.43. The Balaban J connectivity index is 2.71. The van der Waals surface area contributed by atoms with Gasteiger partial charge < -0.3 is 4.74 Å². The van der Waals surface area contributed by atoms with Gasteiger partial charge in [-0.3, -0.25) is 5.32 Å². The highest BCUT2D eigenvalue weighted by atomic mass is 19.4. The monoisotopic (exact) mass is 261 g/mol. The maximum absolute atomic E-state index is 12.4. The zero-order valence-corrected chi connectivity index (χ0v) is 10.0. The number of benzene rings is 1. The molecule has 0 heterocycles. The maximum Gasteiger partial charge on any atom is 0.416 e. The maximum atomic E-state index is 12.4. The molecule has 0 aromatic heterocycles. The van der Waals surface area contributed by atoms with Gasteiger partial charge in [0, 0.05) is 5.69 Å². The van der Waals surface area contributed by atoms with Crippen LogP contribution in [0.5, 0.6) is 0 Å². The highest BCUT2D eigenvalue weighted by Crippen LogP contribution is 2.30. The van der Waals surface area contributed by atoms with Gasteiger partial charge in [-0.2, -0.15) is 13.2 Å². The van der Waals surface area contributed by atoms with Gasteiger partial charge in [0.25, 0.3) is 0 Å². The third kappa shape index (κ3) is 4.27. The van der Waals surface area contributed by atoms with Crippen LogP contribution in [0.1, 0.15) is 25.8 Å². The Morgan fingerprint density at radius 3 is 2.67 bits per heavy atom. The van der Waals surface area contributed by atoms with E-state index in [0.29, 0.717) is 6.42 Å². The van der Waals surface area contributed by atoms with E-state index in [1.807, 2.05) is 6.92 Å². The summed E-state index contributed by atoms with van der Waals surface area (Å²) in [4.78, 5) is 11.3. The minimum absolute atomic E-state index is 0.0538. The summed E-state index contributed by atoms with van der Waals surface area (Å²) in [7, 11) is 0. The molecular formula is C12H14F3NO2. The van der Waals surface area contributed by atoms with E-state index in [9.17, 15) is 18.0 Å². The Morgan fingerprint density at radius 2 is 2.11 bits per heavy atom. The van der Waals surface area contributed by atoms with Crippen LogP contribution < -0.4 is 5.32 Å². The van der Waals surface area contributed by atoms with Crippen LogP contribution in [0.15, 0.2) is 24.3 Å². The Bertz CT molecular complexity index is 418. The van der Waals surface area contributed by atoms with Crippen LogP contribution in [-0.4, -0.2) is 12.2 Å². The van der Waals surface area contributed by atoms with E-state index in [4.69, 9.17) is 4.74 Å². The number of anilines is 1. The van der Waals surface area contributed by atoms with Crippen LogP contribution >= 0.6 is 0 Å². The SMILES string of the molecule is CCC(C)OC(=O)Nc1cccc(C(F)(F)F)c1. The average Bonchev–Trinajstić information content (AvgIpc) is 2.27. The fraction of sp³-hybridized carbons (Fsp3) is 0.417. The Labute approximate surface area is 103 Å². The van der Waals surface area contributed by atoms with Crippen molar-refractivity contribution in [2.45, 2.75) is 32.5 Å². The van der Waals surface area contributed by atoms with Crippen molar-refractivity contribution in [3.8, 4) is 0 Å². The van der Waals surface area contributed by atoms with Crippen molar-refractivity contribution in [1.82, 2.24) is 0 Å². The van der Waals surface area contributed by atoms with Gasteiger partial charge >= 0.3 is 12.3 Å². The van der Waals surface area contributed by atoms with Gasteiger partial charge in [-0.1, -0.05) is 13.0 Å². The van der Waals surface area contributed by atoms with E-state index in [1.54, 1.807) is 6.92 Å². The largest absolute Gasteiger partial charge is 0.446 e. The molecule has 0 fully saturated rings. The van der Waals surface area contributed by atoms with Gasteiger partial charge in [0.1, 0.15) is 6.10 Å². The van der Waals surface area contributed by atoms with Gasteiger partial charge in [0.2, 0.25) is 0 Å². The van der Waals surface area contributed by atoms with Crippen molar-refractivity contribution in [2.75, 3.05) is 5.32 Å². The van der Waals surface area contributed by atoms with Crippen LogP contribution in [0.3, 0.4) is 0 Å². The molecule has 0 aliphatic rings. The van der Waals surface area contributed by atoms with Gasteiger partial charge in [0.15, 0.2) is 0 Å². The summed E-state index contributed by atoms with van der Waals surface area (Å²) in [5.41, 5.74) is -0.762. The number of amides is 1. The van der Waals surface area contributed by atoms with E-state index < -0.39 is 17.8 Å². The van der Waals surface area contributed by atoms with Crippen molar-refractivity contribution >= 4 is 11.8 Å². The predicted octanol–water partition coefficient (Wildman–Crippen LogP) is 4.05. The topological polar surface area (TPSA) is 38.3 Å². The van der Waals surface area contributed by atoms with Crippen LogP contribution in [0.4, 0.5) is 23.7 Å². The van der Waals surface area contributed by atoms with Gasteiger partial charge in [0.05, 0.1) is 5.56 Å². The lowest BCUT2D eigenvalue weighted by Gasteiger charge is -2.13. The van der Waals surface area contributed by atoms with E-state index in [-0.39, 0.29) is 11.8 Å². The number of carbonyl (C=O) groups excluding carboxylic acids is 1. The van der Waals surface area contributed by atoms with Crippen LogP contribution in [0.25, 0.3) is 0 Å². The zero-order chi connectivity index (χ0) is 13.8. The van der Waals surface area contributed by atoms with E-state index >= 15 is 0 Å². The molecule has 3 nitrogen and oxygen atoms in total. The molecule has 0 aliphatic heterocycles. The molecule has 0 aliphatic carbocycles. The first-order valence-corrected chi connectivity index (χ1v) is 5.47. The summed E-state index contributed by atoms with van der Waals surface area (Å²) in [6, 6.07) is 4.39. The van der Waals surface area contributed by atoms with E-state index in [2.05, 4.69) is 5.32 Å². The molecule has 0 saturated heterocycles. The second kappa shape index (κ2) is 5.75. The van der Waals surface area contributed by atoms with Gasteiger partial charge in [-0.25, -0.2) is 4.79 Å². The second-order valence-electron chi connectivity index (χ2n) is 3.83. The molecule has 1 rings (SSSR count). The lowest BCUT2D eigenvalue weighted by Crippen LogP contribution is -2.19. The fourth-order valence-corrected chi connectivity index (χ4v) is 1.19. The lowest BCUT2D eigenvalue weighted by atomic mass is 10.2. The summed E-state index contributed by atoms with van der Waals surface area (Å²) in [5.74, 6) is 0. The third-order valence-corrected chi connectivity index (χ3v) is 2.32. The van der Waals surface area contributed by atoms with Crippen molar-refractivity contribution in [2.24, 2.45) is 0 Å². The Morgan fingerprint density at radius 1 is 1.44 bits per heavy atom. The molecule has 1 atom stereocenters. The third-order valence-electron chi connectivity index (χ3n) is 2.32. The highest BCUT2D eigenvalue weighted by Gasteiger charge is 2.30. The Kier molecular flexibility index (Phi) is 4.58. The van der Waals surface area contributed by atoms with Gasteiger partial charge in [-0.05, 0) is 31.5 Å². The fourth-order valence-electron chi connectivity index (χ4n) is 1.19. The van der Waals surface area contributed by atoms with Crippen molar-refractivity contribution in [1.29, 1.82) is 0 Å². The molecule has 1 unspecified atom stereocenters. The molecule has 1 amide bonds. The number of halogens is 3. The molecule has 18 heavy (non-hydrogen) atoms. The predicted molar refractivity (Wildman–Crippen MR) is 61.3 cm³/mol. The molecular weight excluding hydrogens is 247 g/mol. The number of nitrogens with one attached hydrogen (secondary N) is 1. The average molecular weight is 261 g/mol. The summed E-state index contributed by atoms with van der Waals surface area (Å²) >= 11 is 0. The number of rotatable bonds is 3. The molecule has 0 spiro atoms. The second-order valence-corrected chi connectivity index (χ2v) is 3.83.